The zero-order valence-corrected chi connectivity index (χ0v) is 29.0. The topological polar surface area (TPSA) is 162 Å². The standard InChI is InChI=1S/C33H44F5NO14/c34-28-29(35)31(37)33(32(38)30(28)36)53-27(40)5-6-43-7-8-44-9-10-45-11-12-46-13-14-47-15-16-48-17-18-49-19-20-50-21-22-51-23-24-52-26-3-1-25(2-4-26)39(41)42/h1-4H,5-24H2. The summed E-state index contributed by atoms with van der Waals surface area (Å²) in [4.78, 5) is 21.8. The van der Waals surface area contributed by atoms with Gasteiger partial charge in [0, 0.05) is 12.1 Å². The number of nitro groups is 1. The van der Waals surface area contributed by atoms with E-state index in [2.05, 4.69) is 4.74 Å². The van der Waals surface area contributed by atoms with Crippen LogP contribution in [0.5, 0.6) is 11.5 Å². The normalized spacial score (nSPS) is 11.3. The summed E-state index contributed by atoms with van der Waals surface area (Å²) < 4.78 is 124. The summed E-state index contributed by atoms with van der Waals surface area (Å²) in [6.07, 6.45) is -0.495. The van der Waals surface area contributed by atoms with Crippen molar-refractivity contribution >= 4 is 11.7 Å². The first-order valence-corrected chi connectivity index (χ1v) is 16.5. The number of esters is 1. The smallest absolute Gasteiger partial charge is 0.313 e. The summed E-state index contributed by atoms with van der Waals surface area (Å²) in [6.45, 7) is 6.02. The summed E-state index contributed by atoms with van der Waals surface area (Å²) >= 11 is 0. The molecule has 2 rings (SSSR count). The predicted octanol–water partition coefficient (Wildman–Crippen LogP) is 3.81. The lowest BCUT2D eigenvalue weighted by Gasteiger charge is -2.09. The Kier molecular flexibility index (Phi) is 24.8. The van der Waals surface area contributed by atoms with E-state index < -0.39 is 52.1 Å². The molecule has 15 nitrogen and oxygen atoms in total. The molecule has 0 atom stereocenters. The number of non-ortho nitro benzene ring substituents is 1. The SMILES string of the molecule is O=C(CCOCCOCCOCCOCCOCCOCCOCCOCCOCCOc1ccc([N+](=O)[O-])cc1)Oc1c(F)c(F)c(F)c(F)c1F. The van der Waals surface area contributed by atoms with Crippen LogP contribution in [0.3, 0.4) is 0 Å². The van der Waals surface area contributed by atoms with Crippen molar-refractivity contribution in [1.82, 2.24) is 0 Å². The number of nitrogens with zero attached hydrogens (tertiary/aromatic N) is 1. The second-order valence-corrected chi connectivity index (χ2v) is 10.2. The number of carbonyl (C=O) groups excluding carboxylic acids is 1. The van der Waals surface area contributed by atoms with Gasteiger partial charge in [0.25, 0.3) is 5.69 Å². The van der Waals surface area contributed by atoms with Crippen LogP contribution < -0.4 is 9.47 Å². The van der Waals surface area contributed by atoms with E-state index >= 15 is 0 Å². The molecule has 0 heterocycles. The Hall–Kier alpha value is -3.60. The molecule has 0 amide bonds. The van der Waals surface area contributed by atoms with Crippen LogP contribution in [-0.4, -0.2) is 136 Å². The van der Waals surface area contributed by atoms with Crippen LogP contribution in [-0.2, 0) is 47.4 Å². The molecule has 0 aliphatic heterocycles. The molecule has 0 aromatic heterocycles. The number of hydrogen-bond acceptors (Lipinski definition) is 14. The minimum Gasteiger partial charge on any atom is -0.491 e. The molecule has 0 aliphatic carbocycles. The molecule has 300 valence electrons. The Bertz CT molecular complexity index is 1280. The highest BCUT2D eigenvalue weighted by Gasteiger charge is 2.28. The lowest BCUT2D eigenvalue weighted by atomic mass is 10.2. The molecule has 0 fully saturated rings. The van der Waals surface area contributed by atoms with Gasteiger partial charge < -0.3 is 52.1 Å². The first kappa shape index (κ1) is 45.6. The molecule has 0 radical (unpaired) electrons. The van der Waals surface area contributed by atoms with Gasteiger partial charge in [-0.2, -0.15) is 8.78 Å². The van der Waals surface area contributed by atoms with Crippen molar-refractivity contribution in [2.75, 3.05) is 126 Å². The van der Waals surface area contributed by atoms with Crippen LogP contribution >= 0.6 is 0 Å². The highest BCUT2D eigenvalue weighted by molar-refractivity contribution is 5.72. The first-order chi connectivity index (χ1) is 25.7. The summed E-state index contributed by atoms with van der Waals surface area (Å²) in [5.41, 5.74) is 0.00295. The Morgan fingerprint density at radius 2 is 0.774 bits per heavy atom. The first-order valence-electron chi connectivity index (χ1n) is 16.5. The predicted molar refractivity (Wildman–Crippen MR) is 172 cm³/mol. The van der Waals surface area contributed by atoms with E-state index in [9.17, 15) is 36.9 Å². The Morgan fingerprint density at radius 1 is 0.472 bits per heavy atom. The number of halogens is 5. The van der Waals surface area contributed by atoms with Crippen LogP contribution in [0, 0.1) is 39.2 Å². The highest BCUT2D eigenvalue weighted by atomic mass is 19.2. The zero-order chi connectivity index (χ0) is 38.5. The second kappa shape index (κ2) is 28.8. The molecule has 0 N–H and O–H groups in total. The maximum Gasteiger partial charge on any atom is 0.313 e. The third-order valence-corrected chi connectivity index (χ3v) is 6.36. The number of hydrogen-bond donors (Lipinski definition) is 0. The molecule has 0 saturated carbocycles. The van der Waals surface area contributed by atoms with Crippen LogP contribution in [0.2, 0.25) is 0 Å². The molecule has 0 saturated heterocycles. The monoisotopic (exact) mass is 773 g/mol. The van der Waals surface area contributed by atoms with E-state index in [1.807, 2.05) is 0 Å². The van der Waals surface area contributed by atoms with Gasteiger partial charge in [0.05, 0.1) is 130 Å². The quantitative estimate of drug-likeness (QED) is 0.0151. The third-order valence-electron chi connectivity index (χ3n) is 6.36. The van der Waals surface area contributed by atoms with Crippen molar-refractivity contribution in [3.63, 3.8) is 0 Å². The number of benzene rings is 2. The van der Waals surface area contributed by atoms with E-state index in [1.165, 1.54) is 24.3 Å². The number of rotatable bonds is 33. The molecular formula is C33H44F5NO14. The average molecular weight is 774 g/mol. The number of ether oxygens (including phenoxy) is 11. The lowest BCUT2D eigenvalue weighted by Crippen LogP contribution is -2.16. The van der Waals surface area contributed by atoms with Gasteiger partial charge in [-0.1, -0.05) is 0 Å². The molecule has 0 bridgehead atoms. The molecule has 2 aromatic rings. The fourth-order valence-electron chi connectivity index (χ4n) is 3.74. The fraction of sp³-hybridized carbons (Fsp3) is 0.606. The Morgan fingerprint density at radius 3 is 1.11 bits per heavy atom. The van der Waals surface area contributed by atoms with Crippen molar-refractivity contribution in [2.24, 2.45) is 0 Å². The largest absolute Gasteiger partial charge is 0.491 e. The number of nitro benzene ring substituents is 1. The van der Waals surface area contributed by atoms with Crippen LogP contribution in [0.4, 0.5) is 27.6 Å². The van der Waals surface area contributed by atoms with Crippen molar-refractivity contribution in [3.05, 3.63) is 63.5 Å². The average Bonchev–Trinajstić information content (AvgIpc) is 3.15. The van der Waals surface area contributed by atoms with Gasteiger partial charge >= 0.3 is 5.97 Å². The van der Waals surface area contributed by atoms with Crippen molar-refractivity contribution in [3.8, 4) is 11.5 Å². The molecule has 0 aliphatic rings. The molecule has 20 heteroatoms. The Balaban J connectivity index is 1.23. The van der Waals surface area contributed by atoms with E-state index in [0.29, 0.717) is 105 Å². The minimum absolute atomic E-state index is 0.00295. The molecule has 0 unspecified atom stereocenters. The minimum atomic E-state index is -2.35. The third kappa shape index (κ3) is 20.4. The second-order valence-electron chi connectivity index (χ2n) is 10.2. The van der Waals surface area contributed by atoms with E-state index in [-0.39, 0.29) is 32.1 Å². The van der Waals surface area contributed by atoms with Gasteiger partial charge in [-0.05, 0) is 12.1 Å². The maximum atomic E-state index is 13.5. The van der Waals surface area contributed by atoms with Crippen LogP contribution in [0.1, 0.15) is 6.42 Å². The van der Waals surface area contributed by atoms with Crippen LogP contribution in [0.15, 0.2) is 24.3 Å². The van der Waals surface area contributed by atoms with Crippen LogP contribution in [0.25, 0.3) is 0 Å². The van der Waals surface area contributed by atoms with Gasteiger partial charge in [0.15, 0.2) is 0 Å². The molecule has 2 aromatic carbocycles. The molecule has 0 spiro atoms. The lowest BCUT2D eigenvalue weighted by molar-refractivity contribution is -0.384. The maximum absolute atomic E-state index is 13.5. The summed E-state index contributed by atoms with van der Waals surface area (Å²) in [5, 5.41) is 10.6. The summed E-state index contributed by atoms with van der Waals surface area (Å²) in [5.74, 6) is -13.7. The van der Waals surface area contributed by atoms with Gasteiger partial charge in [-0.15, -0.1) is 0 Å². The van der Waals surface area contributed by atoms with Gasteiger partial charge in [0.1, 0.15) is 12.4 Å². The van der Waals surface area contributed by atoms with Crippen molar-refractivity contribution in [2.45, 2.75) is 6.42 Å². The van der Waals surface area contributed by atoms with Crippen molar-refractivity contribution in [1.29, 1.82) is 0 Å². The molecule has 53 heavy (non-hydrogen) atoms. The van der Waals surface area contributed by atoms with Gasteiger partial charge in [-0.3, -0.25) is 14.9 Å². The molecular weight excluding hydrogens is 729 g/mol. The van der Waals surface area contributed by atoms with E-state index in [1.54, 1.807) is 0 Å². The van der Waals surface area contributed by atoms with E-state index in [0.717, 1.165) is 0 Å². The summed E-state index contributed by atoms with van der Waals surface area (Å²) in [6, 6.07) is 5.82. The highest BCUT2D eigenvalue weighted by Crippen LogP contribution is 2.29. The van der Waals surface area contributed by atoms with E-state index in [4.69, 9.17) is 47.4 Å². The number of carbonyl (C=O) groups is 1. The Labute approximate surface area is 302 Å². The summed E-state index contributed by atoms with van der Waals surface area (Å²) in [7, 11) is 0. The zero-order valence-electron chi connectivity index (χ0n) is 29.0. The van der Waals surface area contributed by atoms with Crippen molar-refractivity contribution < 1.29 is 83.8 Å². The van der Waals surface area contributed by atoms with Gasteiger partial charge in [0.2, 0.25) is 34.8 Å². The van der Waals surface area contributed by atoms with Gasteiger partial charge in [-0.25, -0.2) is 13.2 Å². The fourth-order valence-corrected chi connectivity index (χ4v) is 3.74.